The summed E-state index contributed by atoms with van der Waals surface area (Å²) in [6.07, 6.45) is 0. The van der Waals surface area contributed by atoms with Gasteiger partial charge in [0.15, 0.2) is 5.16 Å². The van der Waals surface area contributed by atoms with Gasteiger partial charge in [0.25, 0.3) is 0 Å². The molecule has 0 aliphatic rings. The standard InChI is InChI=1S/C20H23N5OS/c1-13-10-14(2)23-20(22-13)27-12-19(26)21-11-18-15(3)24-25(16(18)4)17-8-6-5-7-9-17/h5-10H,11-12H2,1-4H3,(H,21,26). The van der Waals surface area contributed by atoms with E-state index in [4.69, 9.17) is 0 Å². The summed E-state index contributed by atoms with van der Waals surface area (Å²) in [5.41, 5.74) is 5.82. The molecule has 3 rings (SSSR count). The molecule has 0 aliphatic heterocycles. The summed E-state index contributed by atoms with van der Waals surface area (Å²) < 4.78 is 1.91. The van der Waals surface area contributed by atoms with Gasteiger partial charge in [0.2, 0.25) is 5.91 Å². The van der Waals surface area contributed by atoms with Gasteiger partial charge >= 0.3 is 0 Å². The van der Waals surface area contributed by atoms with Crippen LogP contribution in [0.3, 0.4) is 0 Å². The highest BCUT2D eigenvalue weighted by atomic mass is 32.2. The fourth-order valence-corrected chi connectivity index (χ4v) is 3.66. The molecular weight excluding hydrogens is 358 g/mol. The maximum Gasteiger partial charge on any atom is 0.230 e. The van der Waals surface area contributed by atoms with Gasteiger partial charge < -0.3 is 5.32 Å². The van der Waals surface area contributed by atoms with Crippen molar-refractivity contribution in [2.24, 2.45) is 0 Å². The lowest BCUT2D eigenvalue weighted by molar-refractivity contribution is -0.118. The van der Waals surface area contributed by atoms with E-state index in [2.05, 4.69) is 20.4 Å². The Kier molecular flexibility index (Phi) is 5.91. The highest BCUT2D eigenvalue weighted by Crippen LogP contribution is 2.18. The van der Waals surface area contributed by atoms with Crippen LogP contribution in [0.4, 0.5) is 0 Å². The van der Waals surface area contributed by atoms with Crippen LogP contribution < -0.4 is 5.32 Å². The number of nitrogens with zero attached hydrogens (tertiary/aromatic N) is 4. The minimum atomic E-state index is -0.0472. The molecule has 0 unspecified atom stereocenters. The van der Waals surface area contributed by atoms with Crippen molar-refractivity contribution < 1.29 is 4.79 Å². The molecule has 0 radical (unpaired) electrons. The quantitative estimate of drug-likeness (QED) is 0.524. The number of aryl methyl sites for hydroxylation is 3. The fraction of sp³-hybridized carbons (Fsp3) is 0.300. The zero-order valence-electron chi connectivity index (χ0n) is 16.0. The van der Waals surface area contributed by atoms with Crippen molar-refractivity contribution in [2.75, 3.05) is 5.75 Å². The van der Waals surface area contributed by atoms with Crippen molar-refractivity contribution in [3.8, 4) is 5.69 Å². The average molecular weight is 382 g/mol. The molecule has 2 heterocycles. The van der Waals surface area contributed by atoms with E-state index in [1.807, 2.05) is 68.8 Å². The van der Waals surface area contributed by atoms with E-state index < -0.39 is 0 Å². The molecule has 0 saturated carbocycles. The Hall–Kier alpha value is -2.67. The van der Waals surface area contributed by atoms with Gasteiger partial charge in [0.05, 0.1) is 17.1 Å². The van der Waals surface area contributed by atoms with E-state index in [1.54, 1.807) is 0 Å². The van der Waals surface area contributed by atoms with Gasteiger partial charge in [-0.3, -0.25) is 4.79 Å². The molecule has 0 bridgehead atoms. The van der Waals surface area contributed by atoms with Crippen molar-refractivity contribution in [3.63, 3.8) is 0 Å². The van der Waals surface area contributed by atoms with E-state index in [0.717, 1.165) is 34.0 Å². The molecule has 7 heteroatoms. The van der Waals surface area contributed by atoms with Crippen LogP contribution in [0.2, 0.25) is 0 Å². The van der Waals surface area contributed by atoms with E-state index >= 15 is 0 Å². The van der Waals surface area contributed by atoms with Crippen LogP contribution in [0.25, 0.3) is 5.69 Å². The van der Waals surface area contributed by atoms with Gasteiger partial charge in [-0.15, -0.1) is 0 Å². The zero-order chi connectivity index (χ0) is 19.4. The number of hydrogen-bond acceptors (Lipinski definition) is 5. The third kappa shape index (κ3) is 4.74. The smallest absolute Gasteiger partial charge is 0.230 e. The molecule has 0 saturated heterocycles. The number of nitrogens with one attached hydrogen (secondary N) is 1. The lowest BCUT2D eigenvalue weighted by Gasteiger charge is -2.07. The summed E-state index contributed by atoms with van der Waals surface area (Å²) >= 11 is 1.35. The third-order valence-corrected chi connectivity index (χ3v) is 5.05. The topological polar surface area (TPSA) is 72.7 Å². The molecule has 140 valence electrons. The van der Waals surface area contributed by atoms with Crippen LogP contribution in [0.1, 0.15) is 28.3 Å². The van der Waals surface area contributed by atoms with Crippen molar-refractivity contribution in [2.45, 2.75) is 39.4 Å². The predicted molar refractivity (Wildman–Crippen MR) is 107 cm³/mol. The van der Waals surface area contributed by atoms with Crippen LogP contribution >= 0.6 is 11.8 Å². The highest BCUT2D eigenvalue weighted by molar-refractivity contribution is 7.99. The molecule has 0 aliphatic carbocycles. The molecule has 1 amide bonds. The molecule has 2 aromatic heterocycles. The Balaban J connectivity index is 1.61. The number of amides is 1. The zero-order valence-corrected chi connectivity index (χ0v) is 16.8. The van der Waals surface area contributed by atoms with E-state index in [1.165, 1.54) is 11.8 Å². The SMILES string of the molecule is Cc1cc(C)nc(SCC(=O)NCc2c(C)nn(-c3ccccc3)c2C)n1. The molecule has 27 heavy (non-hydrogen) atoms. The molecule has 1 aromatic carbocycles. The molecule has 3 aromatic rings. The second kappa shape index (κ2) is 8.35. The van der Waals surface area contributed by atoms with E-state index in [0.29, 0.717) is 11.7 Å². The van der Waals surface area contributed by atoms with E-state index in [9.17, 15) is 4.79 Å². The minimum Gasteiger partial charge on any atom is -0.351 e. The van der Waals surface area contributed by atoms with Gasteiger partial charge in [-0.25, -0.2) is 14.6 Å². The first kappa shape index (κ1) is 19.1. The summed E-state index contributed by atoms with van der Waals surface area (Å²) in [6, 6.07) is 11.9. The van der Waals surface area contributed by atoms with Gasteiger partial charge in [-0.05, 0) is 45.9 Å². The van der Waals surface area contributed by atoms with Gasteiger partial charge in [-0.2, -0.15) is 5.10 Å². The first-order valence-corrected chi connectivity index (χ1v) is 9.75. The minimum absolute atomic E-state index is 0.0472. The lowest BCUT2D eigenvalue weighted by Crippen LogP contribution is -2.25. The number of benzene rings is 1. The van der Waals surface area contributed by atoms with Crippen molar-refractivity contribution in [1.29, 1.82) is 0 Å². The molecule has 1 N–H and O–H groups in total. The molecule has 6 nitrogen and oxygen atoms in total. The van der Waals surface area contributed by atoms with Crippen molar-refractivity contribution in [3.05, 3.63) is 64.7 Å². The number of carbonyl (C=O) groups is 1. The summed E-state index contributed by atoms with van der Waals surface area (Å²) in [5.74, 6) is 0.238. The Bertz CT molecular complexity index is 932. The Morgan fingerprint density at radius 2 is 1.74 bits per heavy atom. The number of para-hydroxylation sites is 1. The largest absolute Gasteiger partial charge is 0.351 e. The maximum atomic E-state index is 12.2. The Labute approximate surface area is 163 Å². The van der Waals surface area contributed by atoms with Gasteiger partial charge in [0.1, 0.15) is 0 Å². The summed E-state index contributed by atoms with van der Waals surface area (Å²) in [5, 5.41) is 8.22. The molecule has 0 atom stereocenters. The van der Waals surface area contributed by atoms with E-state index in [-0.39, 0.29) is 11.7 Å². The number of hydrogen-bond donors (Lipinski definition) is 1. The molecule has 0 fully saturated rings. The lowest BCUT2D eigenvalue weighted by atomic mass is 10.2. The number of thioether (sulfide) groups is 1. The molecular formula is C20H23N5OS. The third-order valence-electron chi connectivity index (χ3n) is 4.20. The summed E-state index contributed by atoms with van der Waals surface area (Å²) in [4.78, 5) is 20.9. The second-order valence-corrected chi connectivity index (χ2v) is 7.34. The second-order valence-electron chi connectivity index (χ2n) is 6.40. The van der Waals surface area contributed by atoms with Crippen molar-refractivity contribution >= 4 is 17.7 Å². The number of rotatable bonds is 6. The first-order valence-electron chi connectivity index (χ1n) is 8.76. The Morgan fingerprint density at radius 3 is 2.41 bits per heavy atom. The summed E-state index contributed by atoms with van der Waals surface area (Å²) in [7, 11) is 0. The average Bonchev–Trinajstić information content (AvgIpc) is 2.92. The van der Waals surface area contributed by atoms with Crippen LogP contribution in [0.15, 0.2) is 41.6 Å². The normalized spacial score (nSPS) is 10.8. The Morgan fingerprint density at radius 1 is 1.07 bits per heavy atom. The number of carbonyl (C=O) groups excluding carboxylic acids is 1. The summed E-state index contributed by atoms with van der Waals surface area (Å²) in [6.45, 7) is 8.29. The molecule has 0 spiro atoms. The predicted octanol–water partition coefficient (Wildman–Crippen LogP) is 3.30. The fourth-order valence-electron chi connectivity index (χ4n) is 2.88. The maximum absolute atomic E-state index is 12.2. The monoisotopic (exact) mass is 381 g/mol. The number of aromatic nitrogens is 4. The highest BCUT2D eigenvalue weighted by Gasteiger charge is 2.14. The van der Waals surface area contributed by atoms with Gasteiger partial charge in [0, 0.05) is 29.2 Å². The van der Waals surface area contributed by atoms with Crippen LogP contribution in [-0.4, -0.2) is 31.4 Å². The van der Waals surface area contributed by atoms with Crippen LogP contribution in [0, 0.1) is 27.7 Å². The van der Waals surface area contributed by atoms with Crippen LogP contribution in [0.5, 0.6) is 0 Å². The van der Waals surface area contributed by atoms with Crippen LogP contribution in [-0.2, 0) is 11.3 Å². The van der Waals surface area contributed by atoms with Gasteiger partial charge in [-0.1, -0.05) is 30.0 Å². The first-order chi connectivity index (χ1) is 12.9. The van der Waals surface area contributed by atoms with Crippen molar-refractivity contribution in [1.82, 2.24) is 25.1 Å².